The number of nitro benzene ring substituents is 1. The van der Waals surface area contributed by atoms with Crippen LogP contribution in [0.1, 0.15) is 0 Å². The third-order valence-corrected chi connectivity index (χ3v) is 3.94. The second-order valence-corrected chi connectivity index (χ2v) is 8.28. The van der Waals surface area contributed by atoms with Gasteiger partial charge in [-0.15, -0.1) is 0 Å². The number of nitro groups is 1. The Morgan fingerprint density at radius 2 is 1.50 bits per heavy atom. The zero-order valence-corrected chi connectivity index (χ0v) is 12.5. The summed E-state index contributed by atoms with van der Waals surface area (Å²) in [6, 6.07) is 14.3. The van der Waals surface area contributed by atoms with Gasteiger partial charge in [-0.25, -0.2) is 0 Å². The first-order valence-electron chi connectivity index (χ1n) is 5.45. The van der Waals surface area contributed by atoms with Crippen LogP contribution in [-0.2, 0) is 11.8 Å². The summed E-state index contributed by atoms with van der Waals surface area (Å²) in [5.74, 6) is -2.21. The lowest BCUT2D eigenvalue weighted by atomic mass is 10.3. The largest absolute Gasteiger partial charge is 0.425 e. The summed E-state index contributed by atoms with van der Waals surface area (Å²) in [5, 5.41) is 10.5. The van der Waals surface area contributed by atoms with Crippen LogP contribution in [0, 0.1) is 10.1 Å². The molecular formula is C12H9ClNO4PS. The monoisotopic (exact) mass is 329 g/mol. The summed E-state index contributed by atoms with van der Waals surface area (Å²) < 4.78 is 10.8. The quantitative estimate of drug-likeness (QED) is 0.458. The third-order valence-electron chi connectivity index (χ3n) is 2.22. The van der Waals surface area contributed by atoms with Crippen molar-refractivity contribution >= 4 is 34.6 Å². The molecule has 5 nitrogen and oxygen atoms in total. The van der Waals surface area contributed by atoms with Crippen molar-refractivity contribution < 1.29 is 14.0 Å². The SMILES string of the molecule is O=[N+]([O-])c1ccc(OP(=S)(Cl)Oc2ccccc2)cc1. The Morgan fingerprint density at radius 1 is 1.00 bits per heavy atom. The second kappa shape index (κ2) is 6.22. The highest BCUT2D eigenvalue weighted by molar-refractivity contribution is 8.22. The van der Waals surface area contributed by atoms with Gasteiger partial charge < -0.3 is 9.05 Å². The molecule has 2 aromatic rings. The second-order valence-electron chi connectivity index (χ2n) is 3.68. The van der Waals surface area contributed by atoms with Crippen LogP contribution in [0.5, 0.6) is 11.5 Å². The van der Waals surface area contributed by atoms with Crippen molar-refractivity contribution in [3.8, 4) is 11.5 Å². The van der Waals surface area contributed by atoms with Crippen LogP contribution in [-0.4, -0.2) is 4.92 Å². The zero-order chi connectivity index (χ0) is 14.6. The average molecular weight is 330 g/mol. The number of hydrogen-bond acceptors (Lipinski definition) is 5. The molecule has 104 valence electrons. The average Bonchev–Trinajstić information content (AvgIpc) is 2.39. The van der Waals surface area contributed by atoms with Crippen molar-refractivity contribution in [2.45, 2.75) is 0 Å². The molecule has 0 aliphatic heterocycles. The summed E-state index contributed by atoms with van der Waals surface area (Å²) in [4.78, 5) is 10.0. The Labute approximate surface area is 125 Å². The highest BCUT2D eigenvalue weighted by atomic mass is 35.7. The lowest BCUT2D eigenvalue weighted by Gasteiger charge is -2.16. The Morgan fingerprint density at radius 3 is 2.00 bits per heavy atom. The lowest BCUT2D eigenvalue weighted by Crippen LogP contribution is -1.95. The van der Waals surface area contributed by atoms with Gasteiger partial charge in [-0.05, 0) is 35.5 Å². The molecule has 0 radical (unpaired) electrons. The molecule has 2 rings (SSSR count). The fraction of sp³-hybridized carbons (Fsp3) is 0. The smallest absolute Gasteiger partial charge is 0.384 e. The van der Waals surface area contributed by atoms with Crippen LogP contribution in [0.3, 0.4) is 0 Å². The molecule has 1 unspecified atom stereocenters. The molecule has 2 aromatic carbocycles. The molecule has 0 spiro atoms. The predicted molar refractivity (Wildman–Crippen MR) is 80.9 cm³/mol. The van der Waals surface area contributed by atoms with Crippen molar-refractivity contribution in [2.75, 3.05) is 0 Å². The molecule has 8 heteroatoms. The maximum atomic E-state index is 10.5. The summed E-state index contributed by atoms with van der Waals surface area (Å²) in [6.45, 7) is 0. The highest BCUT2D eigenvalue weighted by Crippen LogP contribution is 2.53. The van der Waals surface area contributed by atoms with Crippen LogP contribution < -0.4 is 9.05 Å². The Hall–Kier alpha value is -1.62. The van der Waals surface area contributed by atoms with Crippen molar-refractivity contribution in [1.82, 2.24) is 0 Å². The minimum Gasteiger partial charge on any atom is -0.425 e. The van der Waals surface area contributed by atoms with Crippen molar-refractivity contribution in [3.05, 3.63) is 64.7 Å². The fourth-order valence-electron chi connectivity index (χ4n) is 1.38. The first kappa shape index (κ1) is 14.8. The van der Waals surface area contributed by atoms with Gasteiger partial charge >= 0.3 is 5.84 Å². The summed E-state index contributed by atoms with van der Waals surface area (Å²) >= 11 is 11.1. The Bertz CT molecular complexity index is 650. The number of para-hydroxylation sites is 1. The van der Waals surface area contributed by atoms with Gasteiger partial charge in [0.1, 0.15) is 11.5 Å². The summed E-state index contributed by atoms with van der Waals surface area (Å²) in [6.07, 6.45) is 0. The third kappa shape index (κ3) is 4.20. The van der Waals surface area contributed by atoms with Gasteiger partial charge in [0.25, 0.3) is 5.69 Å². The van der Waals surface area contributed by atoms with E-state index in [1.54, 1.807) is 24.3 Å². The number of rotatable bonds is 5. The topological polar surface area (TPSA) is 61.6 Å². The first-order chi connectivity index (χ1) is 9.46. The molecule has 0 amide bonds. The normalized spacial score (nSPS) is 13.2. The van der Waals surface area contributed by atoms with E-state index in [9.17, 15) is 10.1 Å². The van der Waals surface area contributed by atoms with E-state index in [0.717, 1.165) is 0 Å². The van der Waals surface area contributed by atoms with Crippen LogP contribution in [0.15, 0.2) is 54.6 Å². The predicted octanol–water partition coefficient (Wildman–Crippen LogP) is 4.52. The fourth-order valence-corrected chi connectivity index (χ4v) is 3.16. The van der Waals surface area contributed by atoms with Crippen LogP contribution in [0.2, 0.25) is 0 Å². The molecule has 20 heavy (non-hydrogen) atoms. The molecule has 0 aliphatic rings. The van der Waals surface area contributed by atoms with E-state index in [-0.39, 0.29) is 5.69 Å². The van der Waals surface area contributed by atoms with Gasteiger partial charge in [0.15, 0.2) is 0 Å². The highest BCUT2D eigenvalue weighted by Gasteiger charge is 2.19. The molecule has 0 aromatic heterocycles. The minimum atomic E-state index is -3.04. The molecule has 0 fully saturated rings. The van der Waals surface area contributed by atoms with E-state index in [4.69, 9.17) is 32.1 Å². The van der Waals surface area contributed by atoms with Gasteiger partial charge in [0.05, 0.1) is 4.92 Å². The maximum absolute atomic E-state index is 10.5. The molecular weight excluding hydrogens is 321 g/mol. The first-order valence-corrected chi connectivity index (χ1v) is 8.99. The van der Waals surface area contributed by atoms with Gasteiger partial charge in [0.2, 0.25) is 0 Å². The van der Waals surface area contributed by atoms with Crippen LogP contribution >= 0.6 is 17.1 Å². The molecule has 0 bridgehead atoms. The van der Waals surface area contributed by atoms with Gasteiger partial charge in [-0.3, -0.25) is 10.1 Å². The van der Waals surface area contributed by atoms with Crippen LogP contribution in [0.25, 0.3) is 0 Å². The molecule has 0 N–H and O–H groups in total. The Balaban J connectivity index is 2.08. The molecule has 0 heterocycles. The zero-order valence-electron chi connectivity index (χ0n) is 10.0. The van der Waals surface area contributed by atoms with Crippen LogP contribution in [0.4, 0.5) is 5.69 Å². The van der Waals surface area contributed by atoms with Gasteiger partial charge in [-0.2, -0.15) is 0 Å². The van der Waals surface area contributed by atoms with E-state index in [1.165, 1.54) is 24.3 Å². The molecule has 0 saturated heterocycles. The maximum Gasteiger partial charge on any atom is 0.384 e. The molecule has 1 atom stereocenters. The Kier molecular flexibility index (Phi) is 4.60. The summed E-state index contributed by atoms with van der Waals surface area (Å²) in [7, 11) is 0. The van der Waals surface area contributed by atoms with E-state index in [1.807, 2.05) is 6.07 Å². The number of benzene rings is 2. The standard InChI is InChI=1S/C12H9ClNO4PS/c13-19(20,17-11-4-2-1-3-5-11)18-12-8-6-10(7-9-12)14(15)16/h1-9H. The van der Waals surface area contributed by atoms with E-state index in [2.05, 4.69) is 0 Å². The van der Waals surface area contributed by atoms with Crippen molar-refractivity contribution in [2.24, 2.45) is 0 Å². The van der Waals surface area contributed by atoms with Gasteiger partial charge in [0, 0.05) is 23.9 Å². The number of non-ortho nitro benzene ring substituents is 1. The number of nitrogens with zero attached hydrogens (tertiary/aromatic N) is 1. The van der Waals surface area contributed by atoms with E-state index in [0.29, 0.717) is 11.5 Å². The minimum absolute atomic E-state index is 0.0378. The molecule has 0 aliphatic carbocycles. The number of halogens is 1. The summed E-state index contributed by atoms with van der Waals surface area (Å²) in [5.41, 5.74) is -0.0378. The van der Waals surface area contributed by atoms with E-state index < -0.39 is 10.8 Å². The number of hydrogen-bond donors (Lipinski definition) is 0. The van der Waals surface area contributed by atoms with Crippen molar-refractivity contribution in [3.63, 3.8) is 0 Å². The van der Waals surface area contributed by atoms with Gasteiger partial charge in [-0.1, -0.05) is 18.2 Å². The molecule has 0 saturated carbocycles. The lowest BCUT2D eigenvalue weighted by molar-refractivity contribution is -0.384. The van der Waals surface area contributed by atoms with E-state index >= 15 is 0 Å². The van der Waals surface area contributed by atoms with Crippen molar-refractivity contribution in [1.29, 1.82) is 0 Å².